The van der Waals surface area contributed by atoms with Crippen molar-refractivity contribution in [1.29, 1.82) is 0 Å². The number of hydrogen-bond donors (Lipinski definition) is 1. The molecule has 0 bridgehead atoms. The Labute approximate surface area is 200 Å². The fourth-order valence-corrected chi connectivity index (χ4v) is 4.19. The maximum atomic E-state index is 13.3. The van der Waals surface area contributed by atoms with Crippen LogP contribution in [0.5, 0.6) is 0 Å². The van der Waals surface area contributed by atoms with Crippen LogP contribution in [0.15, 0.2) is 46.4 Å². The number of halogens is 1. The number of barbiturate groups is 1. The van der Waals surface area contributed by atoms with Crippen molar-refractivity contribution < 1.29 is 14.4 Å². The van der Waals surface area contributed by atoms with E-state index in [0.29, 0.717) is 16.9 Å². The lowest BCUT2D eigenvalue weighted by Gasteiger charge is -2.26. The van der Waals surface area contributed by atoms with Gasteiger partial charge in [0.15, 0.2) is 0 Å². The van der Waals surface area contributed by atoms with E-state index in [1.807, 2.05) is 51.4 Å². The van der Waals surface area contributed by atoms with Crippen LogP contribution in [0.25, 0.3) is 11.8 Å². The number of nitrogens with zero attached hydrogens (tertiary/aromatic N) is 3. The van der Waals surface area contributed by atoms with Crippen molar-refractivity contribution in [2.75, 3.05) is 4.90 Å². The van der Waals surface area contributed by atoms with E-state index in [4.69, 9.17) is 0 Å². The molecule has 33 heavy (non-hydrogen) atoms. The summed E-state index contributed by atoms with van der Waals surface area (Å²) < 4.78 is 2.66. The topological polar surface area (TPSA) is 84.3 Å². The molecule has 0 saturated carbocycles. The van der Waals surface area contributed by atoms with E-state index in [0.717, 1.165) is 37.4 Å². The Bertz CT molecular complexity index is 1370. The van der Waals surface area contributed by atoms with E-state index < -0.39 is 17.8 Å². The number of carbonyl (C=O) groups excluding carboxylic acids is 3. The van der Waals surface area contributed by atoms with Crippen LogP contribution >= 0.6 is 15.9 Å². The smallest absolute Gasteiger partial charge is 0.273 e. The van der Waals surface area contributed by atoms with Crippen LogP contribution in [0.2, 0.25) is 0 Å². The molecule has 0 radical (unpaired) electrons. The van der Waals surface area contributed by atoms with Gasteiger partial charge in [0, 0.05) is 15.7 Å². The average Bonchev–Trinajstić information content (AvgIpc) is 3.01. The summed E-state index contributed by atoms with van der Waals surface area (Å²) in [6.45, 7) is 9.61. The van der Waals surface area contributed by atoms with Crippen LogP contribution in [0.1, 0.15) is 33.6 Å². The number of aryl methyl sites for hydroxylation is 4. The molecule has 1 saturated heterocycles. The summed E-state index contributed by atoms with van der Waals surface area (Å²) in [6.07, 6.45) is 1.51. The van der Waals surface area contributed by atoms with Gasteiger partial charge in [0.1, 0.15) is 5.57 Å². The second-order valence-electron chi connectivity index (χ2n) is 8.18. The van der Waals surface area contributed by atoms with Crippen molar-refractivity contribution in [2.24, 2.45) is 0 Å². The number of aromatic nitrogens is 2. The summed E-state index contributed by atoms with van der Waals surface area (Å²) in [5.41, 5.74) is 6.38. The molecule has 4 amide bonds. The SMILES string of the molecule is Cc1ccc(-n2nc(C)c(/C=C3\C(=O)NC(=O)N(c4ccc(Br)c(C)c4)C3=O)c2C)c(C)c1. The number of benzene rings is 2. The van der Waals surface area contributed by atoms with Crippen LogP contribution in [0.4, 0.5) is 10.5 Å². The monoisotopic (exact) mass is 506 g/mol. The first-order chi connectivity index (χ1) is 15.6. The highest BCUT2D eigenvalue weighted by atomic mass is 79.9. The van der Waals surface area contributed by atoms with Crippen molar-refractivity contribution in [3.63, 3.8) is 0 Å². The van der Waals surface area contributed by atoms with E-state index in [9.17, 15) is 14.4 Å². The van der Waals surface area contributed by atoms with E-state index in [-0.39, 0.29) is 5.57 Å². The first kappa shape index (κ1) is 22.7. The van der Waals surface area contributed by atoms with Gasteiger partial charge in [-0.3, -0.25) is 14.9 Å². The van der Waals surface area contributed by atoms with Gasteiger partial charge in [0.05, 0.1) is 17.1 Å². The van der Waals surface area contributed by atoms with Gasteiger partial charge in [-0.2, -0.15) is 5.10 Å². The second kappa shape index (κ2) is 8.44. The Balaban J connectivity index is 1.79. The summed E-state index contributed by atoms with van der Waals surface area (Å²) in [5, 5.41) is 6.92. The van der Waals surface area contributed by atoms with Crippen LogP contribution in [0.3, 0.4) is 0 Å². The fourth-order valence-electron chi connectivity index (χ4n) is 3.95. The first-order valence-corrected chi connectivity index (χ1v) is 11.2. The van der Waals surface area contributed by atoms with Gasteiger partial charge in [-0.1, -0.05) is 33.6 Å². The lowest BCUT2D eigenvalue weighted by molar-refractivity contribution is -0.122. The molecule has 1 aromatic heterocycles. The third-order valence-electron chi connectivity index (χ3n) is 5.72. The molecular weight excluding hydrogens is 484 g/mol. The molecule has 1 aliphatic rings. The largest absolute Gasteiger partial charge is 0.335 e. The molecule has 3 aromatic rings. The number of carbonyl (C=O) groups is 3. The number of rotatable bonds is 3. The zero-order valence-electron chi connectivity index (χ0n) is 19.0. The summed E-state index contributed by atoms with van der Waals surface area (Å²) in [7, 11) is 0. The number of anilines is 1. The van der Waals surface area contributed by atoms with E-state index in [1.54, 1.807) is 18.2 Å². The highest BCUT2D eigenvalue weighted by Crippen LogP contribution is 2.28. The molecule has 4 rings (SSSR count). The molecule has 0 atom stereocenters. The number of imide groups is 2. The quantitative estimate of drug-likeness (QED) is 0.406. The molecule has 1 fully saturated rings. The summed E-state index contributed by atoms with van der Waals surface area (Å²) in [5.74, 6) is -1.41. The maximum Gasteiger partial charge on any atom is 0.335 e. The maximum absolute atomic E-state index is 13.3. The van der Waals surface area contributed by atoms with Crippen molar-refractivity contribution >= 4 is 45.5 Å². The van der Waals surface area contributed by atoms with Crippen LogP contribution in [-0.2, 0) is 9.59 Å². The number of nitrogens with one attached hydrogen (secondary N) is 1. The van der Waals surface area contributed by atoms with E-state index >= 15 is 0 Å². The predicted molar refractivity (Wildman–Crippen MR) is 130 cm³/mol. The lowest BCUT2D eigenvalue weighted by atomic mass is 10.0. The summed E-state index contributed by atoms with van der Waals surface area (Å²) >= 11 is 3.42. The molecule has 0 unspecified atom stereocenters. The Kier molecular flexibility index (Phi) is 5.80. The van der Waals surface area contributed by atoms with Crippen LogP contribution in [0, 0.1) is 34.6 Å². The molecule has 1 N–H and O–H groups in total. The van der Waals surface area contributed by atoms with Gasteiger partial charge in [-0.05, 0) is 76.1 Å². The Morgan fingerprint density at radius 1 is 0.939 bits per heavy atom. The minimum atomic E-state index is -0.775. The molecule has 1 aliphatic heterocycles. The van der Waals surface area contributed by atoms with Crippen molar-refractivity contribution in [3.8, 4) is 5.69 Å². The average molecular weight is 507 g/mol. The van der Waals surface area contributed by atoms with Gasteiger partial charge >= 0.3 is 6.03 Å². The number of amides is 4. The predicted octanol–water partition coefficient (Wildman–Crippen LogP) is 4.84. The van der Waals surface area contributed by atoms with Crippen LogP contribution in [-0.4, -0.2) is 27.6 Å². The van der Waals surface area contributed by atoms with Crippen LogP contribution < -0.4 is 10.2 Å². The van der Waals surface area contributed by atoms with Gasteiger partial charge in [0.25, 0.3) is 11.8 Å². The first-order valence-electron chi connectivity index (χ1n) is 10.4. The van der Waals surface area contributed by atoms with E-state index in [1.165, 1.54) is 6.08 Å². The zero-order chi connectivity index (χ0) is 24.0. The third kappa shape index (κ3) is 4.02. The Morgan fingerprint density at radius 3 is 2.33 bits per heavy atom. The molecule has 7 nitrogen and oxygen atoms in total. The minimum absolute atomic E-state index is 0.124. The molecule has 0 spiro atoms. The van der Waals surface area contributed by atoms with E-state index in [2.05, 4.69) is 32.4 Å². The minimum Gasteiger partial charge on any atom is -0.273 e. The molecule has 2 heterocycles. The third-order valence-corrected chi connectivity index (χ3v) is 6.61. The van der Waals surface area contributed by atoms with Crippen molar-refractivity contribution in [1.82, 2.24) is 15.1 Å². The fraction of sp³-hybridized carbons (Fsp3) is 0.200. The molecule has 0 aliphatic carbocycles. The van der Waals surface area contributed by atoms with Gasteiger partial charge in [0.2, 0.25) is 0 Å². The molecule has 168 valence electrons. The van der Waals surface area contributed by atoms with Crippen molar-refractivity contribution in [3.05, 3.63) is 80.1 Å². The zero-order valence-corrected chi connectivity index (χ0v) is 20.6. The highest BCUT2D eigenvalue weighted by molar-refractivity contribution is 9.10. The van der Waals surface area contributed by atoms with Gasteiger partial charge < -0.3 is 0 Å². The normalized spacial score (nSPS) is 15.4. The lowest BCUT2D eigenvalue weighted by Crippen LogP contribution is -2.54. The van der Waals surface area contributed by atoms with Crippen molar-refractivity contribution in [2.45, 2.75) is 34.6 Å². The Morgan fingerprint density at radius 2 is 1.67 bits per heavy atom. The summed E-state index contributed by atoms with van der Waals surface area (Å²) in [4.78, 5) is 39.4. The number of urea groups is 1. The molecule has 8 heteroatoms. The number of hydrogen-bond acceptors (Lipinski definition) is 4. The highest BCUT2D eigenvalue weighted by Gasteiger charge is 2.37. The Hall–Kier alpha value is -3.52. The summed E-state index contributed by atoms with van der Waals surface area (Å²) in [6, 6.07) is 10.4. The van der Waals surface area contributed by atoms with Gasteiger partial charge in [-0.25, -0.2) is 14.4 Å². The second-order valence-corrected chi connectivity index (χ2v) is 9.03. The standard InChI is InChI=1S/C25H23BrN4O3/c1-13-6-9-22(15(3)10-13)30-17(5)19(16(4)28-30)12-20-23(31)27-25(33)29(24(20)32)18-7-8-21(26)14(2)11-18/h6-12H,1-5H3,(H,27,31,33)/b20-12+. The van der Waals surface area contributed by atoms with Gasteiger partial charge in [-0.15, -0.1) is 0 Å². The molecule has 2 aromatic carbocycles. The molecular formula is C25H23BrN4O3.